The number of fused-ring (bicyclic) bond motifs is 6. The van der Waals surface area contributed by atoms with Crippen LogP contribution in [0.3, 0.4) is 0 Å². The van der Waals surface area contributed by atoms with E-state index in [2.05, 4.69) is 464 Å². The van der Waals surface area contributed by atoms with Crippen molar-refractivity contribution in [3.05, 3.63) is 493 Å². The van der Waals surface area contributed by atoms with Gasteiger partial charge in [0.05, 0.1) is 17.3 Å². The zero-order valence-corrected chi connectivity index (χ0v) is 94.9. The number of rotatable bonds is 16. The number of ether oxygens (including phenoxy) is 2. The van der Waals surface area contributed by atoms with Crippen molar-refractivity contribution in [2.24, 2.45) is 11.8 Å². The van der Waals surface area contributed by atoms with Gasteiger partial charge in [-0.05, 0) is 190 Å². The van der Waals surface area contributed by atoms with Gasteiger partial charge in [-0.3, -0.25) is 9.08 Å². The van der Waals surface area contributed by atoms with Crippen molar-refractivity contribution in [3.63, 3.8) is 0 Å². The summed E-state index contributed by atoms with van der Waals surface area (Å²) in [5.41, 5.74) is -0.189. The van der Waals surface area contributed by atoms with Gasteiger partial charge in [-0.15, -0.1) is 0 Å². The molecule has 8 aliphatic heterocycles. The molecule has 0 N–H and O–H groups in total. The molecule has 2 aromatic heterocycles. The normalized spacial score (nSPS) is 17.1. The number of alkyl halides is 3. The Labute approximate surface area is 904 Å². The molecule has 8 aliphatic rings. The second-order valence-electron chi connectivity index (χ2n) is 37.1. The fourth-order valence-electron chi connectivity index (χ4n) is 18.7. The number of benzene rings is 15. The molecule has 756 valence electrons. The van der Waals surface area contributed by atoms with E-state index in [9.17, 15) is 30.4 Å². The minimum Gasteiger partial charge on any atom is -0.0622 e. The molecule has 147 heavy (non-hydrogen) atoms. The SMILES string of the molecule is CN(C)c1ccccc1Br.COS(=O)(=O)C(F)(F)F.Fc1ccccc1-c1cnc2c(c1)CC1(CN3CCC1CC3)O2.Fc1ccccc1Br.[CH3][Sn]([CH3])([CH3])[c]1cnc2c(c1)CC1(CN3CCC1CC3)O2.[Pd].c1ccc(P(c2ccccc2)c2ccccc2)cc1.c1ccc(P(c2ccccc2)c2ccccc2)cc1.c1ccc(P(c2ccccc2)c2ccccc2)cc1.c1ccc(P(c2ccccc2)c2ccccc2)cc1. The van der Waals surface area contributed by atoms with Gasteiger partial charge >= 0.3 is 141 Å². The molecule has 10 heterocycles. The third kappa shape index (κ3) is 30.7. The van der Waals surface area contributed by atoms with Crippen LogP contribution in [-0.2, 0) is 47.6 Å². The van der Waals surface area contributed by atoms with Gasteiger partial charge in [-0.25, -0.2) is 13.8 Å². The number of aromatic nitrogens is 2. The number of pyridine rings is 2. The maximum absolute atomic E-state index is 14.0. The van der Waals surface area contributed by atoms with E-state index in [0.717, 1.165) is 59.2 Å². The van der Waals surface area contributed by atoms with Crippen molar-refractivity contribution in [1.29, 1.82) is 0 Å². The zero-order valence-electron chi connectivity index (χ0n) is 83.0. The molecule has 6 fully saturated rings. The Morgan fingerprint density at radius 2 is 0.619 bits per heavy atom. The Hall–Kier alpha value is -10.4. The third-order valence-corrected chi connectivity index (χ3v) is 43.8. The molecule has 2 unspecified atom stereocenters. The first-order valence-electron chi connectivity index (χ1n) is 48.9. The van der Waals surface area contributed by atoms with Crippen molar-refractivity contribution in [1.82, 2.24) is 19.8 Å². The Kier molecular flexibility index (Phi) is 41.9. The summed E-state index contributed by atoms with van der Waals surface area (Å²) < 4.78 is 98.1. The number of piperidine rings is 6. The quantitative estimate of drug-likeness (QED) is 0.0306. The summed E-state index contributed by atoms with van der Waals surface area (Å²) in [6, 6.07) is 155. The van der Waals surface area contributed by atoms with E-state index in [1.807, 2.05) is 38.4 Å². The van der Waals surface area contributed by atoms with E-state index in [-0.39, 0.29) is 43.3 Å². The molecule has 17 aromatic rings. The third-order valence-electron chi connectivity index (χ3n) is 26.0. The number of hydrogen-bond acceptors (Lipinski definition) is 10. The van der Waals surface area contributed by atoms with Gasteiger partial charge in [-0.1, -0.05) is 406 Å². The average molecular weight is 2380 g/mol. The van der Waals surface area contributed by atoms with Crippen LogP contribution >= 0.6 is 63.5 Å². The summed E-state index contributed by atoms with van der Waals surface area (Å²) in [6.45, 7) is 7.04. The number of halogens is 7. The second kappa shape index (κ2) is 54.9. The van der Waals surface area contributed by atoms with Crippen LogP contribution < -0.4 is 81.6 Å². The van der Waals surface area contributed by atoms with Gasteiger partial charge in [-0.2, -0.15) is 21.6 Å². The summed E-state index contributed by atoms with van der Waals surface area (Å²) in [6.07, 6.45) is 10.9. The molecule has 6 saturated heterocycles. The van der Waals surface area contributed by atoms with E-state index in [1.54, 1.807) is 36.5 Å². The number of anilines is 1. The fourth-order valence-corrected chi connectivity index (χ4v) is 32.1. The number of nitrogens with zero attached hydrogens (tertiary/aromatic N) is 5. The summed E-state index contributed by atoms with van der Waals surface area (Å²) in [5, 5.41) is 16.8. The van der Waals surface area contributed by atoms with Gasteiger partial charge in [0.15, 0.2) is 0 Å². The molecule has 10 nitrogen and oxygen atoms in total. The van der Waals surface area contributed by atoms with Crippen LogP contribution in [-0.4, -0.2) is 124 Å². The van der Waals surface area contributed by atoms with Crippen LogP contribution in [0.4, 0.5) is 27.6 Å². The maximum Gasteiger partial charge on any atom is 0 e. The van der Waals surface area contributed by atoms with Crippen LogP contribution in [0.1, 0.15) is 36.8 Å². The van der Waals surface area contributed by atoms with E-state index in [1.165, 1.54) is 142 Å². The Morgan fingerprint density at radius 3 is 0.837 bits per heavy atom. The average Bonchev–Trinajstić information content (AvgIpc) is 1.59. The van der Waals surface area contributed by atoms with Crippen molar-refractivity contribution in [2.45, 2.75) is 70.1 Å². The first-order chi connectivity index (χ1) is 70.8. The molecular weight excluding hydrogens is 2260 g/mol. The van der Waals surface area contributed by atoms with Crippen LogP contribution in [0.15, 0.2) is 470 Å². The predicted octanol–water partition coefficient (Wildman–Crippen LogP) is 24.7. The Balaban J connectivity index is 0.000000133. The summed E-state index contributed by atoms with van der Waals surface area (Å²) in [5.74, 6) is 2.62. The van der Waals surface area contributed by atoms with Gasteiger partial charge in [0.2, 0.25) is 5.88 Å². The summed E-state index contributed by atoms with van der Waals surface area (Å²) in [7, 11) is -2.62. The second-order valence-corrected chi connectivity index (χ2v) is 63.9. The first-order valence-corrected chi connectivity index (χ1v) is 67.2. The Bertz CT molecular complexity index is 6130. The van der Waals surface area contributed by atoms with Crippen LogP contribution in [0, 0.1) is 23.5 Å². The van der Waals surface area contributed by atoms with Crippen molar-refractivity contribution < 1.29 is 64.4 Å². The molecule has 0 saturated carbocycles. The number of hydrogen-bond donors (Lipinski definition) is 0. The molecule has 15 aromatic carbocycles. The smallest absolute Gasteiger partial charge is 0 e. The molecule has 2 spiro atoms. The topological polar surface area (TPSA) is 97.3 Å². The van der Waals surface area contributed by atoms with Gasteiger partial charge in [0.1, 0.15) is 17.2 Å². The van der Waals surface area contributed by atoms with Crippen LogP contribution in [0.25, 0.3) is 11.1 Å². The number of para-hydroxylation sites is 1. The Morgan fingerprint density at radius 1 is 0.367 bits per heavy atom. The minimum absolute atomic E-state index is 0. The van der Waals surface area contributed by atoms with Crippen molar-refractivity contribution >= 4 is 165 Å². The van der Waals surface area contributed by atoms with Crippen molar-refractivity contribution in [3.8, 4) is 22.9 Å². The van der Waals surface area contributed by atoms with E-state index < -0.39 is 65.7 Å². The molecule has 0 aliphatic carbocycles. The largest absolute Gasteiger partial charge is 0.0622 e. The van der Waals surface area contributed by atoms with E-state index in [0.29, 0.717) is 23.1 Å². The molecule has 2 atom stereocenters. The van der Waals surface area contributed by atoms with E-state index >= 15 is 0 Å². The molecule has 4 bridgehead atoms. The molecular formula is C123H120Br2F5N5O5P4PdSSn. The molecule has 25 rings (SSSR count). The van der Waals surface area contributed by atoms with Gasteiger partial charge < -0.3 is 9.64 Å². The monoisotopic (exact) mass is 2380 g/mol. The maximum atomic E-state index is 14.0. The fraction of sp³-hybridized carbons (Fsp3) is 0.187. The summed E-state index contributed by atoms with van der Waals surface area (Å²) >= 11 is 4.45. The summed E-state index contributed by atoms with van der Waals surface area (Å²) in [4.78, 5) is 23.7. The van der Waals surface area contributed by atoms with Gasteiger partial charge in [0.25, 0.3) is 0 Å². The molecule has 24 heteroatoms. The first kappa shape index (κ1) is 112. The molecule has 0 amide bonds. The van der Waals surface area contributed by atoms with Crippen LogP contribution in [0.2, 0.25) is 14.8 Å². The van der Waals surface area contributed by atoms with Crippen molar-refractivity contribution in [2.75, 3.05) is 65.4 Å². The van der Waals surface area contributed by atoms with Crippen LogP contribution in [0.5, 0.6) is 11.8 Å². The predicted molar refractivity (Wildman–Crippen MR) is 614 cm³/mol. The molecule has 0 radical (unpaired) electrons. The minimum atomic E-state index is -5.34. The van der Waals surface area contributed by atoms with Gasteiger partial charge in [0, 0.05) is 80.8 Å². The standard InChI is InChI=1S/C19H19FN2O.4C18H15P.C13H15N2O.C8H10BrN.C6H4BrF.C2H3F3O3S.3CH3.Pd.Sn/c20-17-4-2-1-3-16(17)14-9-13-10-19(23-18(13)21-11-14)12-22-7-5-15(19)6-8-22;4*1-4-10-16(11-5-1)19(17-12-6-2-7-13-17)18-14-8-3-9-15-18;1-2-10-8-13(16-12(10)14-5-1)9-15-6-3-11(13)4-7-15;1-10(2)8-6-4-3-5-7(8)9;7-5-3-1-2-4-6(5)8;1-8-9(6,7)2(3,4)5;;;;;/h1-4,9,11,15H,5-8,10,12H2;4*1-15H;2,5,11H,3-4,6-9H2;3-6H,1-2H3;1-4H;1H3;3*1H3;;. The zero-order chi connectivity index (χ0) is 102. The van der Waals surface area contributed by atoms with E-state index in [4.69, 9.17) is 9.47 Å².